The summed E-state index contributed by atoms with van der Waals surface area (Å²) in [4.78, 5) is 2.33. The molecule has 0 N–H and O–H groups in total. The third kappa shape index (κ3) is 6.51. The Balaban J connectivity index is 0.981. The van der Waals surface area contributed by atoms with Crippen LogP contribution in [0.2, 0.25) is 0 Å². The molecule has 282 valence electrons. The van der Waals surface area contributed by atoms with Crippen LogP contribution in [0.15, 0.2) is 237 Å². The number of fused-ring (bicyclic) bond motifs is 7. The number of rotatable bonds is 7. The molecule has 0 unspecified atom stereocenters. The monoisotopic (exact) mass is 765 g/mol. The smallest absolute Gasteiger partial charge is 0.143 e. The van der Waals surface area contributed by atoms with Gasteiger partial charge in [0.25, 0.3) is 0 Å². The zero-order valence-electron chi connectivity index (χ0n) is 32.9. The van der Waals surface area contributed by atoms with Gasteiger partial charge < -0.3 is 9.64 Å². The van der Waals surface area contributed by atoms with E-state index in [4.69, 9.17) is 4.74 Å². The van der Waals surface area contributed by atoms with Crippen LogP contribution in [-0.2, 0) is 0 Å². The Kier molecular flexibility index (Phi) is 8.87. The van der Waals surface area contributed by atoms with Gasteiger partial charge in [-0.2, -0.15) is 0 Å². The topological polar surface area (TPSA) is 12.5 Å². The Morgan fingerprint density at radius 1 is 0.267 bits per heavy atom. The van der Waals surface area contributed by atoms with Gasteiger partial charge in [-0.05, 0) is 122 Å². The summed E-state index contributed by atoms with van der Waals surface area (Å²) in [7, 11) is 0. The lowest BCUT2D eigenvalue weighted by molar-refractivity contribution is 0.493. The number of hydrogen-bond acceptors (Lipinski definition) is 2. The molecule has 0 aromatic heterocycles. The molecule has 2 heteroatoms. The van der Waals surface area contributed by atoms with Gasteiger partial charge in [0.15, 0.2) is 0 Å². The number of nitrogens with zero attached hydrogens (tertiary/aromatic N) is 1. The maximum atomic E-state index is 7.06. The van der Waals surface area contributed by atoms with E-state index in [-0.39, 0.29) is 0 Å². The molecule has 0 amide bonds. The fourth-order valence-electron chi connectivity index (χ4n) is 8.61. The van der Waals surface area contributed by atoms with E-state index in [0.717, 1.165) is 67.2 Å². The summed E-state index contributed by atoms with van der Waals surface area (Å²) in [5.41, 5.74) is 17.1. The van der Waals surface area contributed by atoms with E-state index in [9.17, 15) is 0 Å². The van der Waals surface area contributed by atoms with Crippen molar-refractivity contribution in [3.63, 3.8) is 0 Å². The standard InChI is InChI=1S/C58H39NO/c1-4-12-40(13-5-1)43-20-29-49(30-21-43)59(50-31-22-44(23-32-50)41-14-6-2-7-15-41)51-33-24-45(25-34-51)48-28-36-54-53-35-27-47(42-16-8-3-9-17-42)38-56(53)55-37-26-46-18-10-11-19-52(46)58(55)60-57(54)39-48/h1-39H. The summed E-state index contributed by atoms with van der Waals surface area (Å²) in [5, 5.41) is 2.25. The molecule has 0 atom stereocenters. The van der Waals surface area contributed by atoms with Gasteiger partial charge in [-0.3, -0.25) is 0 Å². The SMILES string of the molecule is c1ccc(-c2ccc(N(c3ccc(-c4ccccc4)cc3)c3ccc(-c4ccc5c(c4)Oc4c(ccc6ccccc46)-c4cc(-c6ccccc6)ccc4-5)cc3)cc2)cc1. The Morgan fingerprint density at radius 2 is 0.667 bits per heavy atom. The minimum absolute atomic E-state index is 0.846. The lowest BCUT2D eigenvalue weighted by atomic mass is 9.89. The summed E-state index contributed by atoms with van der Waals surface area (Å²) in [6.45, 7) is 0. The van der Waals surface area contributed by atoms with Gasteiger partial charge >= 0.3 is 0 Å². The van der Waals surface area contributed by atoms with E-state index in [0.29, 0.717) is 0 Å². The Hall–Kier alpha value is -7.94. The van der Waals surface area contributed by atoms with Crippen LogP contribution in [0.25, 0.3) is 77.5 Å². The molecule has 2 nitrogen and oxygen atoms in total. The van der Waals surface area contributed by atoms with Crippen LogP contribution in [0, 0.1) is 0 Å². The highest BCUT2D eigenvalue weighted by atomic mass is 16.5. The molecule has 0 radical (unpaired) electrons. The molecular weight excluding hydrogens is 727 g/mol. The molecule has 60 heavy (non-hydrogen) atoms. The van der Waals surface area contributed by atoms with Gasteiger partial charge in [-0.25, -0.2) is 0 Å². The van der Waals surface area contributed by atoms with Crippen molar-refractivity contribution in [2.45, 2.75) is 0 Å². The molecule has 10 aromatic carbocycles. The van der Waals surface area contributed by atoms with E-state index in [1.165, 1.54) is 38.9 Å². The van der Waals surface area contributed by atoms with Gasteiger partial charge in [0, 0.05) is 33.6 Å². The van der Waals surface area contributed by atoms with Crippen molar-refractivity contribution < 1.29 is 4.74 Å². The average molecular weight is 766 g/mol. The third-order valence-electron chi connectivity index (χ3n) is 11.7. The molecule has 0 aliphatic carbocycles. The summed E-state index contributed by atoms with van der Waals surface area (Å²) in [5.74, 6) is 1.73. The van der Waals surface area contributed by atoms with E-state index >= 15 is 0 Å². The van der Waals surface area contributed by atoms with Crippen LogP contribution < -0.4 is 9.64 Å². The lowest BCUT2D eigenvalue weighted by Crippen LogP contribution is -2.09. The van der Waals surface area contributed by atoms with E-state index < -0.39 is 0 Å². The summed E-state index contributed by atoms with van der Waals surface area (Å²) in [6, 6.07) is 84.7. The first-order valence-corrected chi connectivity index (χ1v) is 20.5. The lowest BCUT2D eigenvalue weighted by Gasteiger charge is -2.26. The van der Waals surface area contributed by atoms with Crippen molar-refractivity contribution in [2.24, 2.45) is 0 Å². The summed E-state index contributed by atoms with van der Waals surface area (Å²) < 4.78 is 7.06. The fraction of sp³-hybridized carbons (Fsp3) is 0. The fourth-order valence-corrected chi connectivity index (χ4v) is 8.61. The molecule has 1 aliphatic heterocycles. The minimum atomic E-state index is 0.846. The Labute approximate surface area is 350 Å². The van der Waals surface area contributed by atoms with Crippen LogP contribution in [0.4, 0.5) is 17.1 Å². The van der Waals surface area contributed by atoms with Crippen molar-refractivity contribution in [3.05, 3.63) is 237 Å². The molecule has 0 bridgehead atoms. The van der Waals surface area contributed by atoms with Crippen LogP contribution in [0.3, 0.4) is 0 Å². The highest BCUT2D eigenvalue weighted by Crippen LogP contribution is 2.51. The van der Waals surface area contributed by atoms with Crippen LogP contribution in [0.1, 0.15) is 0 Å². The van der Waals surface area contributed by atoms with Crippen molar-refractivity contribution in [3.8, 4) is 78.3 Å². The number of anilines is 3. The second kappa shape index (κ2) is 15.1. The largest absolute Gasteiger partial charge is 0.455 e. The van der Waals surface area contributed by atoms with Crippen molar-refractivity contribution >= 4 is 27.8 Å². The second-order valence-electron chi connectivity index (χ2n) is 15.3. The molecule has 10 aromatic rings. The Bertz CT molecular complexity index is 3040. The first kappa shape index (κ1) is 35.2. The van der Waals surface area contributed by atoms with E-state index in [2.05, 4.69) is 241 Å². The third-order valence-corrected chi connectivity index (χ3v) is 11.7. The van der Waals surface area contributed by atoms with Gasteiger partial charge in [0.05, 0.1) is 0 Å². The zero-order valence-corrected chi connectivity index (χ0v) is 32.9. The van der Waals surface area contributed by atoms with E-state index in [1.807, 2.05) is 0 Å². The quantitative estimate of drug-likeness (QED) is 0.160. The molecule has 0 fully saturated rings. The van der Waals surface area contributed by atoms with Crippen LogP contribution >= 0.6 is 0 Å². The highest BCUT2D eigenvalue weighted by Gasteiger charge is 2.24. The summed E-state index contributed by atoms with van der Waals surface area (Å²) >= 11 is 0. The van der Waals surface area contributed by atoms with Crippen LogP contribution in [-0.4, -0.2) is 0 Å². The zero-order chi connectivity index (χ0) is 39.8. The van der Waals surface area contributed by atoms with Crippen molar-refractivity contribution in [1.29, 1.82) is 0 Å². The molecule has 0 saturated heterocycles. The van der Waals surface area contributed by atoms with Gasteiger partial charge in [-0.1, -0.05) is 176 Å². The highest BCUT2D eigenvalue weighted by molar-refractivity contribution is 6.01. The first-order valence-electron chi connectivity index (χ1n) is 20.5. The molecule has 11 rings (SSSR count). The molecule has 1 heterocycles. The number of benzene rings is 10. The van der Waals surface area contributed by atoms with Crippen molar-refractivity contribution in [2.75, 3.05) is 4.90 Å². The molecule has 0 saturated carbocycles. The maximum absolute atomic E-state index is 7.06. The Morgan fingerprint density at radius 3 is 1.22 bits per heavy atom. The van der Waals surface area contributed by atoms with Crippen LogP contribution in [0.5, 0.6) is 11.5 Å². The van der Waals surface area contributed by atoms with Gasteiger partial charge in [-0.15, -0.1) is 0 Å². The second-order valence-corrected chi connectivity index (χ2v) is 15.3. The van der Waals surface area contributed by atoms with Crippen molar-refractivity contribution in [1.82, 2.24) is 0 Å². The minimum Gasteiger partial charge on any atom is -0.455 e. The predicted octanol–water partition coefficient (Wildman–Crippen LogP) is 16.4. The average Bonchev–Trinajstić information content (AvgIpc) is 3.47. The summed E-state index contributed by atoms with van der Waals surface area (Å²) in [6.07, 6.45) is 0. The first-order chi connectivity index (χ1) is 29.7. The molecular formula is C58H39NO. The van der Waals surface area contributed by atoms with Gasteiger partial charge in [0.1, 0.15) is 11.5 Å². The predicted molar refractivity (Wildman–Crippen MR) is 251 cm³/mol. The number of hydrogen-bond donors (Lipinski definition) is 0. The molecule has 0 spiro atoms. The van der Waals surface area contributed by atoms with Gasteiger partial charge in [0.2, 0.25) is 0 Å². The normalized spacial score (nSPS) is 11.5. The molecule has 1 aliphatic rings. The van der Waals surface area contributed by atoms with E-state index in [1.54, 1.807) is 0 Å². The maximum Gasteiger partial charge on any atom is 0.143 e. The number of ether oxygens (including phenoxy) is 1.